The average molecular weight is 352 g/mol. The minimum Gasteiger partial charge on any atom is -0.316 e. The second-order valence-corrected chi connectivity index (χ2v) is 5.62. The average Bonchev–Trinajstić information content (AvgIpc) is 2.66. The Labute approximate surface area is 148 Å². The zero-order valence-electron chi connectivity index (χ0n) is 13.7. The van der Waals surface area contributed by atoms with Crippen molar-refractivity contribution in [2.24, 2.45) is 0 Å². The smallest absolute Gasteiger partial charge is 0.269 e. The molecule has 8 heteroatoms. The van der Waals surface area contributed by atoms with Gasteiger partial charge in [-0.2, -0.15) is 5.48 Å². The molecule has 1 aromatic heterocycles. The molecule has 132 valence electrons. The Hall–Kier alpha value is -3.36. The molecule has 0 aliphatic rings. The topological polar surface area (TPSA) is 109 Å². The number of nitro benzene ring substituents is 1. The van der Waals surface area contributed by atoms with E-state index in [9.17, 15) is 14.9 Å². The number of hydrogen-bond donors (Lipinski definition) is 2. The summed E-state index contributed by atoms with van der Waals surface area (Å²) in [6, 6.07) is 15.2. The van der Waals surface area contributed by atoms with Crippen molar-refractivity contribution in [1.82, 2.24) is 10.5 Å². The molecular formula is C18H16N4O4. The van der Waals surface area contributed by atoms with Gasteiger partial charge in [-0.3, -0.25) is 19.9 Å². The number of rotatable bonds is 6. The highest BCUT2D eigenvalue weighted by Gasteiger charge is 2.18. The van der Waals surface area contributed by atoms with E-state index in [1.54, 1.807) is 30.5 Å². The van der Waals surface area contributed by atoms with Crippen LogP contribution in [0.5, 0.6) is 0 Å². The van der Waals surface area contributed by atoms with Crippen LogP contribution >= 0.6 is 0 Å². The Bertz CT molecular complexity index is 961. The van der Waals surface area contributed by atoms with Crippen molar-refractivity contribution in [2.75, 3.05) is 11.4 Å². The van der Waals surface area contributed by atoms with Crippen LogP contribution in [0, 0.1) is 10.1 Å². The van der Waals surface area contributed by atoms with Gasteiger partial charge in [0.25, 0.3) is 5.69 Å². The molecule has 3 aromatic rings. The summed E-state index contributed by atoms with van der Waals surface area (Å²) in [7, 11) is 0. The van der Waals surface area contributed by atoms with Crippen LogP contribution in [-0.4, -0.2) is 27.6 Å². The molecule has 0 fully saturated rings. The Morgan fingerprint density at radius 2 is 2.04 bits per heavy atom. The van der Waals surface area contributed by atoms with E-state index in [-0.39, 0.29) is 24.7 Å². The third-order valence-electron chi connectivity index (χ3n) is 3.89. The van der Waals surface area contributed by atoms with E-state index in [4.69, 9.17) is 5.21 Å². The van der Waals surface area contributed by atoms with Crippen LogP contribution in [0.15, 0.2) is 60.8 Å². The standard InChI is InChI=1S/C18H16N4O4/c23-18(11-20-24)21(12-13-3-1-5-16(9-13)22(25)26)15-7-6-14-4-2-8-19-17(14)10-15/h1-10,20,24H,11-12H2. The summed E-state index contributed by atoms with van der Waals surface area (Å²) in [4.78, 5) is 28.7. The summed E-state index contributed by atoms with van der Waals surface area (Å²) in [5.74, 6) is -0.380. The van der Waals surface area contributed by atoms with Gasteiger partial charge in [0.05, 0.1) is 17.0 Å². The quantitative estimate of drug-likeness (QED) is 0.521. The third kappa shape index (κ3) is 3.82. The van der Waals surface area contributed by atoms with Gasteiger partial charge in [0, 0.05) is 29.4 Å². The van der Waals surface area contributed by atoms with Crippen molar-refractivity contribution in [3.8, 4) is 0 Å². The van der Waals surface area contributed by atoms with Gasteiger partial charge in [0.15, 0.2) is 0 Å². The predicted molar refractivity (Wildman–Crippen MR) is 95.8 cm³/mol. The molecule has 3 rings (SSSR count). The molecule has 0 aliphatic carbocycles. The summed E-state index contributed by atoms with van der Waals surface area (Å²) >= 11 is 0. The number of benzene rings is 2. The number of non-ortho nitro benzene ring substituents is 1. The zero-order valence-corrected chi connectivity index (χ0v) is 13.7. The summed E-state index contributed by atoms with van der Waals surface area (Å²) in [6.45, 7) is -0.157. The molecule has 0 unspecified atom stereocenters. The SMILES string of the molecule is O=C(CNO)N(Cc1cccc([N+](=O)[O-])c1)c1ccc2cccnc2c1. The fraction of sp³-hybridized carbons (Fsp3) is 0.111. The number of hydroxylamine groups is 1. The lowest BCUT2D eigenvalue weighted by Gasteiger charge is -2.23. The Kier molecular flexibility index (Phi) is 5.16. The second-order valence-electron chi connectivity index (χ2n) is 5.62. The van der Waals surface area contributed by atoms with Gasteiger partial charge in [0.1, 0.15) is 6.54 Å². The maximum atomic E-state index is 12.5. The molecule has 2 aromatic carbocycles. The van der Waals surface area contributed by atoms with Crippen molar-refractivity contribution in [3.05, 3.63) is 76.5 Å². The molecule has 0 spiro atoms. The maximum absolute atomic E-state index is 12.5. The predicted octanol–water partition coefficient (Wildman–Crippen LogP) is 2.66. The van der Waals surface area contributed by atoms with E-state index in [0.29, 0.717) is 11.3 Å². The Morgan fingerprint density at radius 3 is 2.81 bits per heavy atom. The number of hydrogen-bond acceptors (Lipinski definition) is 6. The summed E-state index contributed by atoms with van der Waals surface area (Å²) in [6.07, 6.45) is 1.66. The second kappa shape index (κ2) is 7.68. The number of nitrogens with zero attached hydrogens (tertiary/aromatic N) is 3. The molecule has 0 radical (unpaired) electrons. The first-order valence-corrected chi connectivity index (χ1v) is 7.84. The molecule has 1 amide bonds. The fourth-order valence-corrected chi connectivity index (χ4v) is 2.66. The first-order chi connectivity index (χ1) is 12.6. The number of amides is 1. The van der Waals surface area contributed by atoms with E-state index in [0.717, 1.165) is 10.9 Å². The van der Waals surface area contributed by atoms with Gasteiger partial charge in [-0.25, -0.2) is 0 Å². The molecule has 0 saturated carbocycles. The molecule has 0 bridgehead atoms. The number of fused-ring (bicyclic) bond motifs is 1. The third-order valence-corrected chi connectivity index (χ3v) is 3.89. The van der Waals surface area contributed by atoms with Crippen molar-refractivity contribution in [2.45, 2.75) is 6.54 Å². The van der Waals surface area contributed by atoms with Gasteiger partial charge in [-0.15, -0.1) is 0 Å². The van der Waals surface area contributed by atoms with Crippen LogP contribution in [0.3, 0.4) is 0 Å². The van der Waals surface area contributed by atoms with E-state index >= 15 is 0 Å². The molecular weight excluding hydrogens is 336 g/mol. The lowest BCUT2D eigenvalue weighted by molar-refractivity contribution is -0.384. The number of aromatic nitrogens is 1. The summed E-state index contributed by atoms with van der Waals surface area (Å²) < 4.78 is 0. The van der Waals surface area contributed by atoms with Crippen molar-refractivity contribution in [3.63, 3.8) is 0 Å². The molecule has 2 N–H and O–H groups in total. The number of carbonyl (C=O) groups is 1. The minimum absolute atomic E-state index is 0.0460. The first-order valence-electron chi connectivity index (χ1n) is 7.84. The maximum Gasteiger partial charge on any atom is 0.269 e. The van der Waals surface area contributed by atoms with Crippen LogP contribution in [0.2, 0.25) is 0 Å². The largest absolute Gasteiger partial charge is 0.316 e. The Balaban J connectivity index is 1.97. The molecule has 8 nitrogen and oxygen atoms in total. The fourth-order valence-electron chi connectivity index (χ4n) is 2.66. The van der Waals surface area contributed by atoms with E-state index < -0.39 is 4.92 Å². The van der Waals surface area contributed by atoms with Crippen LogP contribution in [0.25, 0.3) is 10.9 Å². The van der Waals surface area contributed by atoms with E-state index in [2.05, 4.69) is 4.98 Å². The normalized spacial score (nSPS) is 10.7. The van der Waals surface area contributed by atoms with Crippen molar-refractivity contribution in [1.29, 1.82) is 0 Å². The number of anilines is 1. The molecule has 0 saturated heterocycles. The number of pyridine rings is 1. The lowest BCUT2D eigenvalue weighted by Crippen LogP contribution is -2.37. The summed E-state index contributed by atoms with van der Waals surface area (Å²) in [5.41, 5.74) is 3.72. The molecule has 1 heterocycles. The monoisotopic (exact) mass is 352 g/mol. The van der Waals surface area contributed by atoms with Gasteiger partial charge >= 0.3 is 0 Å². The van der Waals surface area contributed by atoms with Crippen LogP contribution in [0.1, 0.15) is 5.56 Å². The summed E-state index contributed by atoms with van der Waals surface area (Å²) in [5, 5.41) is 20.8. The van der Waals surface area contributed by atoms with Crippen LogP contribution < -0.4 is 10.4 Å². The van der Waals surface area contributed by atoms with Gasteiger partial charge in [-0.1, -0.05) is 24.3 Å². The van der Waals surface area contributed by atoms with Gasteiger partial charge in [-0.05, 0) is 23.8 Å². The number of nitro groups is 1. The van der Waals surface area contributed by atoms with Gasteiger partial charge in [0.2, 0.25) is 5.91 Å². The van der Waals surface area contributed by atoms with E-state index in [1.807, 2.05) is 23.7 Å². The van der Waals surface area contributed by atoms with E-state index in [1.165, 1.54) is 17.0 Å². The Morgan fingerprint density at radius 1 is 1.19 bits per heavy atom. The lowest BCUT2D eigenvalue weighted by atomic mass is 10.1. The zero-order chi connectivity index (χ0) is 18.5. The molecule has 26 heavy (non-hydrogen) atoms. The first kappa shape index (κ1) is 17.5. The van der Waals surface area contributed by atoms with Gasteiger partial charge < -0.3 is 10.1 Å². The number of carbonyl (C=O) groups excluding carboxylic acids is 1. The highest BCUT2D eigenvalue weighted by atomic mass is 16.6. The molecule has 0 aliphatic heterocycles. The van der Waals surface area contributed by atoms with Crippen molar-refractivity contribution < 1.29 is 14.9 Å². The van der Waals surface area contributed by atoms with Crippen LogP contribution in [0.4, 0.5) is 11.4 Å². The minimum atomic E-state index is -0.481. The highest BCUT2D eigenvalue weighted by molar-refractivity contribution is 5.96. The van der Waals surface area contributed by atoms with Crippen molar-refractivity contribution >= 4 is 28.2 Å². The van der Waals surface area contributed by atoms with Crippen LogP contribution in [-0.2, 0) is 11.3 Å². The number of nitrogens with one attached hydrogen (secondary N) is 1. The highest BCUT2D eigenvalue weighted by Crippen LogP contribution is 2.23. The molecule has 0 atom stereocenters.